The summed E-state index contributed by atoms with van der Waals surface area (Å²) in [7, 11) is 0. The smallest absolute Gasteiger partial charge is 0.288 e. The molecule has 2 amide bonds. The van der Waals surface area contributed by atoms with Gasteiger partial charge in [0.05, 0.1) is 0 Å². The number of nitroso groups, excluding NO2 is 2. The highest BCUT2D eigenvalue weighted by atomic mass is 16.3. The first-order valence-electron chi connectivity index (χ1n) is 14.3. The number of nitrogens with zero attached hydrogens (tertiary/aromatic N) is 5. The number of carbonyl (C=O) groups excluding carboxylic acids is 2. The second kappa shape index (κ2) is 11.5. The van der Waals surface area contributed by atoms with Crippen LogP contribution in [0.3, 0.4) is 0 Å². The van der Waals surface area contributed by atoms with Crippen LogP contribution in [-0.4, -0.2) is 43.0 Å². The van der Waals surface area contributed by atoms with E-state index in [1.54, 1.807) is 6.08 Å². The zero-order valence-electron chi connectivity index (χ0n) is 23.2. The molecule has 0 aromatic carbocycles. The standard InChI is InChI=1S/C29H36N8O4/c1-2-17-11-20(15-32-14-17)23-13-24(35-40)26-28(23,16-34-37-31)8-6-22-21-4-3-19(12-18(21)5-9-29(22,26)30)27(39)33-10-7-25(38)36-41/h3-4,11-14,18,21-22,24,26,32H,2,5-10,15-16,30H2,1H3,(H,33,39)/t18?,21?,22?,24-,26?,28+,29+/m1/s1. The number of azide groups is 1. The molecule has 12 heteroatoms. The van der Waals surface area contributed by atoms with Crippen LogP contribution < -0.4 is 16.4 Å². The summed E-state index contributed by atoms with van der Waals surface area (Å²) in [6.45, 7) is 2.98. The highest BCUT2D eigenvalue weighted by molar-refractivity contribution is 5.96. The molecule has 0 spiro atoms. The van der Waals surface area contributed by atoms with Crippen molar-refractivity contribution in [1.29, 1.82) is 0 Å². The maximum Gasteiger partial charge on any atom is 0.288 e. The van der Waals surface area contributed by atoms with Crippen molar-refractivity contribution in [2.24, 2.45) is 50.3 Å². The Morgan fingerprint density at radius 1 is 1.24 bits per heavy atom. The SMILES string of the molecule is CCC1=CNCC(C2=C[C@@H](N=O)C3[C@]2(CN=[N+]=[N-])CCC2C4C=CC(C(=O)NCCC(=O)N=O)=CC4CC[C@]23N)=C1. The molecule has 0 bridgehead atoms. The van der Waals surface area contributed by atoms with Gasteiger partial charge in [-0.2, -0.15) is 4.91 Å². The van der Waals surface area contributed by atoms with E-state index in [1.807, 2.05) is 18.4 Å². The molecular formula is C29H36N8O4. The van der Waals surface area contributed by atoms with Crippen LogP contribution in [-0.2, 0) is 9.59 Å². The number of nitrogens with one attached hydrogen (secondary N) is 2. The predicted octanol–water partition coefficient (Wildman–Crippen LogP) is 4.23. The number of allylic oxidation sites excluding steroid dienone is 4. The molecule has 4 unspecified atom stereocenters. The summed E-state index contributed by atoms with van der Waals surface area (Å²) in [6, 6.07) is -0.631. The van der Waals surface area contributed by atoms with Crippen LogP contribution >= 0.6 is 0 Å². The molecule has 0 saturated heterocycles. The fourth-order valence-electron chi connectivity index (χ4n) is 8.24. The first-order valence-corrected chi connectivity index (χ1v) is 14.3. The van der Waals surface area contributed by atoms with Gasteiger partial charge in [-0.25, -0.2) is 0 Å². The summed E-state index contributed by atoms with van der Waals surface area (Å²) in [5.41, 5.74) is 19.2. The lowest BCUT2D eigenvalue weighted by Crippen LogP contribution is -2.67. The van der Waals surface area contributed by atoms with Gasteiger partial charge in [0, 0.05) is 58.6 Å². The van der Waals surface area contributed by atoms with Crippen molar-refractivity contribution in [1.82, 2.24) is 10.6 Å². The zero-order valence-corrected chi connectivity index (χ0v) is 23.2. The maximum atomic E-state index is 12.7. The molecular weight excluding hydrogens is 524 g/mol. The average molecular weight is 561 g/mol. The normalized spacial score (nSPS) is 35.0. The van der Waals surface area contributed by atoms with Crippen LogP contribution in [0.15, 0.2) is 74.3 Å². The van der Waals surface area contributed by atoms with Crippen LogP contribution in [0.25, 0.3) is 10.4 Å². The van der Waals surface area contributed by atoms with Crippen molar-refractivity contribution >= 4 is 11.8 Å². The second-order valence-electron chi connectivity index (χ2n) is 11.8. The Bertz CT molecular complexity index is 1340. The average Bonchev–Trinajstić information content (AvgIpc) is 3.35. The Balaban J connectivity index is 1.42. The molecule has 2 fully saturated rings. The molecule has 5 aliphatic rings. The Morgan fingerprint density at radius 2 is 2.07 bits per heavy atom. The molecule has 1 heterocycles. The van der Waals surface area contributed by atoms with Gasteiger partial charge >= 0.3 is 0 Å². The molecule has 216 valence electrons. The Morgan fingerprint density at radius 3 is 2.80 bits per heavy atom. The van der Waals surface area contributed by atoms with Gasteiger partial charge in [-0.1, -0.05) is 47.6 Å². The summed E-state index contributed by atoms with van der Waals surface area (Å²) >= 11 is 0. The molecule has 0 aromatic heterocycles. The topological polar surface area (TPSA) is 192 Å². The largest absolute Gasteiger partial charge is 0.387 e. The quantitative estimate of drug-likeness (QED) is 0.163. The fraction of sp³-hybridized carbons (Fsp3) is 0.586. The maximum absolute atomic E-state index is 12.7. The van der Waals surface area contributed by atoms with Gasteiger partial charge in [-0.3, -0.25) is 9.59 Å². The van der Waals surface area contributed by atoms with Crippen molar-refractivity contribution in [2.45, 2.75) is 57.0 Å². The lowest BCUT2D eigenvalue weighted by Gasteiger charge is -2.60. The van der Waals surface area contributed by atoms with Crippen molar-refractivity contribution in [3.05, 3.63) is 79.1 Å². The molecule has 7 atom stereocenters. The van der Waals surface area contributed by atoms with E-state index in [-0.39, 0.29) is 49.1 Å². The van der Waals surface area contributed by atoms with Gasteiger partial charge in [-0.05, 0) is 78.3 Å². The van der Waals surface area contributed by atoms with E-state index in [2.05, 4.69) is 50.1 Å². The van der Waals surface area contributed by atoms with E-state index in [1.165, 1.54) is 0 Å². The number of hydrogen-bond donors (Lipinski definition) is 3. The number of fused-ring (bicyclic) bond motifs is 5. The minimum absolute atomic E-state index is 0.0447. The molecule has 2 saturated carbocycles. The molecule has 12 nitrogen and oxygen atoms in total. The molecule has 0 aromatic rings. The van der Waals surface area contributed by atoms with E-state index < -0.39 is 22.9 Å². The highest BCUT2D eigenvalue weighted by Crippen LogP contribution is 2.64. The van der Waals surface area contributed by atoms with Gasteiger partial charge in [-0.15, -0.1) is 4.91 Å². The summed E-state index contributed by atoms with van der Waals surface area (Å²) in [5, 5.41) is 16.0. The summed E-state index contributed by atoms with van der Waals surface area (Å²) in [4.78, 5) is 49.6. The van der Waals surface area contributed by atoms with Crippen LogP contribution in [0.2, 0.25) is 0 Å². The number of carbonyl (C=O) groups is 2. The minimum Gasteiger partial charge on any atom is -0.387 e. The number of hydrogen-bond acceptors (Lipinski definition) is 8. The summed E-state index contributed by atoms with van der Waals surface area (Å²) in [5.74, 6) is -1.17. The van der Waals surface area contributed by atoms with Gasteiger partial charge in [0.25, 0.3) is 11.8 Å². The Kier molecular flexibility index (Phi) is 8.06. The first-order chi connectivity index (χ1) is 19.8. The second-order valence-corrected chi connectivity index (χ2v) is 11.8. The van der Waals surface area contributed by atoms with Crippen LogP contribution in [0.1, 0.15) is 45.4 Å². The number of nitrogens with two attached hydrogens (primary N) is 1. The first kappa shape index (κ1) is 28.6. The van der Waals surface area contributed by atoms with Gasteiger partial charge in [0.15, 0.2) is 0 Å². The number of dihydropyridines is 1. The van der Waals surface area contributed by atoms with Crippen molar-refractivity contribution in [3.8, 4) is 0 Å². The van der Waals surface area contributed by atoms with Gasteiger partial charge in [0.1, 0.15) is 6.04 Å². The minimum atomic E-state index is -0.801. The van der Waals surface area contributed by atoms with E-state index >= 15 is 0 Å². The Labute approximate surface area is 238 Å². The van der Waals surface area contributed by atoms with Crippen LogP contribution in [0, 0.1) is 38.9 Å². The van der Waals surface area contributed by atoms with Crippen molar-refractivity contribution < 1.29 is 9.59 Å². The van der Waals surface area contributed by atoms with Crippen LogP contribution in [0.4, 0.5) is 0 Å². The van der Waals surface area contributed by atoms with Crippen molar-refractivity contribution in [2.75, 3.05) is 19.6 Å². The number of rotatable bonds is 9. The van der Waals surface area contributed by atoms with E-state index in [0.717, 1.165) is 36.0 Å². The third-order valence-corrected chi connectivity index (χ3v) is 9.96. The third kappa shape index (κ3) is 4.95. The molecule has 0 radical (unpaired) electrons. The monoisotopic (exact) mass is 560 g/mol. The van der Waals surface area contributed by atoms with E-state index in [0.29, 0.717) is 25.0 Å². The van der Waals surface area contributed by atoms with E-state index in [4.69, 9.17) is 5.73 Å². The zero-order chi connectivity index (χ0) is 29.2. The molecule has 5 rings (SSSR count). The molecule has 1 aliphatic heterocycles. The highest BCUT2D eigenvalue weighted by Gasteiger charge is 2.65. The lowest BCUT2D eigenvalue weighted by molar-refractivity contribution is -0.118. The lowest BCUT2D eigenvalue weighted by atomic mass is 9.46. The predicted molar refractivity (Wildman–Crippen MR) is 154 cm³/mol. The molecule has 4 aliphatic carbocycles. The van der Waals surface area contributed by atoms with Crippen LogP contribution in [0.5, 0.6) is 0 Å². The number of amides is 2. The molecule has 4 N–H and O–H groups in total. The Hall–Kier alpha value is -3.89. The van der Waals surface area contributed by atoms with Gasteiger partial charge < -0.3 is 16.4 Å². The summed E-state index contributed by atoms with van der Waals surface area (Å²) in [6.07, 6.45) is 15.6. The third-order valence-electron chi connectivity index (χ3n) is 9.96. The molecule has 41 heavy (non-hydrogen) atoms. The van der Waals surface area contributed by atoms with Gasteiger partial charge in [0.2, 0.25) is 0 Å². The van der Waals surface area contributed by atoms with E-state index in [9.17, 15) is 24.9 Å². The fourth-order valence-corrected chi connectivity index (χ4v) is 8.24. The van der Waals surface area contributed by atoms with Crippen molar-refractivity contribution in [3.63, 3.8) is 0 Å². The summed E-state index contributed by atoms with van der Waals surface area (Å²) < 4.78 is 0.